The topological polar surface area (TPSA) is 57.0 Å². The van der Waals surface area contributed by atoms with Gasteiger partial charge in [0.05, 0.1) is 12.3 Å². The SMILES string of the molecule is CCn1ccnc1C(N)c1coc(C)c1. The van der Waals surface area contributed by atoms with Crippen molar-refractivity contribution < 1.29 is 4.42 Å². The Morgan fingerprint density at radius 3 is 3.00 bits per heavy atom. The van der Waals surface area contributed by atoms with Crippen LogP contribution in [0.15, 0.2) is 29.1 Å². The Balaban J connectivity index is 2.31. The normalized spacial score (nSPS) is 13.0. The van der Waals surface area contributed by atoms with Crippen LogP contribution < -0.4 is 5.73 Å². The summed E-state index contributed by atoms with van der Waals surface area (Å²) in [4.78, 5) is 4.27. The minimum Gasteiger partial charge on any atom is -0.469 e. The van der Waals surface area contributed by atoms with Crippen molar-refractivity contribution in [2.24, 2.45) is 5.73 Å². The second-order valence-electron chi connectivity index (χ2n) is 3.54. The summed E-state index contributed by atoms with van der Waals surface area (Å²) in [6.45, 7) is 4.85. The van der Waals surface area contributed by atoms with Crippen LogP contribution in [0.3, 0.4) is 0 Å². The van der Waals surface area contributed by atoms with Crippen LogP contribution in [0.5, 0.6) is 0 Å². The summed E-state index contributed by atoms with van der Waals surface area (Å²) in [5, 5.41) is 0. The quantitative estimate of drug-likeness (QED) is 0.832. The Hall–Kier alpha value is -1.55. The first-order chi connectivity index (χ1) is 7.22. The van der Waals surface area contributed by atoms with Crippen LogP contribution in [-0.2, 0) is 6.54 Å². The zero-order chi connectivity index (χ0) is 10.8. The summed E-state index contributed by atoms with van der Waals surface area (Å²) in [5.41, 5.74) is 7.07. The van der Waals surface area contributed by atoms with E-state index in [9.17, 15) is 0 Å². The van der Waals surface area contributed by atoms with E-state index in [2.05, 4.69) is 11.9 Å². The van der Waals surface area contributed by atoms with Gasteiger partial charge >= 0.3 is 0 Å². The molecule has 2 rings (SSSR count). The maximum absolute atomic E-state index is 6.11. The maximum atomic E-state index is 6.11. The third-order valence-corrected chi connectivity index (χ3v) is 2.48. The molecule has 0 aliphatic rings. The highest BCUT2D eigenvalue weighted by molar-refractivity contribution is 5.22. The number of furan rings is 1. The third-order valence-electron chi connectivity index (χ3n) is 2.48. The molecule has 0 fully saturated rings. The zero-order valence-corrected chi connectivity index (χ0v) is 8.97. The fraction of sp³-hybridized carbons (Fsp3) is 0.364. The van der Waals surface area contributed by atoms with Gasteiger partial charge in [0.15, 0.2) is 0 Å². The summed E-state index contributed by atoms with van der Waals surface area (Å²) < 4.78 is 7.27. The van der Waals surface area contributed by atoms with Crippen LogP contribution in [0.2, 0.25) is 0 Å². The van der Waals surface area contributed by atoms with Crippen molar-refractivity contribution >= 4 is 0 Å². The average molecular weight is 205 g/mol. The van der Waals surface area contributed by atoms with Gasteiger partial charge in [-0.05, 0) is 19.9 Å². The number of nitrogens with zero attached hydrogens (tertiary/aromatic N) is 2. The molecule has 4 nitrogen and oxygen atoms in total. The van der Waals surface area contributed by atoms with Crippen molar-refractivity contribution in [3.8, 4) is 0 Å². The standard InChI is InChI=1S/C11H15N3O/c1-3-14-5-4-13-11(14)10(12)9-6-8(2)15-7-9/h4-7,10H,3,12H2,1-2H3. The Bertz CT molecular complexity index is 444. The van der Waals surface area contributed by atoms with Crippen LogP contribution in [0.4, 0.5) is 0 Å². The van der Waals surface area contributed by atoms with Gasteiger partial charge in [-0.25, -0.2) is 4.98 Å². The van der Waals surface area contributed by atoms with Crippen molar-refractivity contribution in [1.82, 2.24) is 9.55 Å². The summed E-state index contributed by atoms with van der Waals surface area (Å²) in [6.07, 6.45) is 5.39. The van der Waals surface area contributed by atoms with Gasteiger partial charge < -0.3 is 14.7 Å². The van der Waals surface area contributed by atoms with E-state index < -0.39 is 0 Å². The predicted molar refractivity (Wildman–Crippen MR) is 57.4 cm³/mol. The Labute approximate surface area is 88.7 Å². The summed E-state index contributed by atoms with van der Waals surface area (Å²) >= 11 is 0. The summed E-state index contributed by atoms with van der Waals surface area (Å²) in [6, 6.07) is 1.73. The first-order valence-corrected chi connectivity index (χ1v) is 5.04. The molecule has 2 aromatic rings. The van der Waals surface area contributed by atoms with Gasteiger partial charge in [0.2, 0.25) is 0 Å². The van der Waals surface area contributed by atoms with E-state index in [0.717, 1.165) is 23.7 Å². The van der Waals surface area contributed by atoms with Crippen LogP contribution in [0.1, 0.15) is 30.1 Å². The second kappa shape index (κ2) is 3.90. The second-order valence-corrected chi connectivity index (χ2v) is 3.54. The van der Waals surface area contributed by atoms with Gasteiger partial charge in [-0.3, -0.25) is 0 Å². The lowest BCUT2D eigenvalue weighted by Crippen LogP contribution is -2.16. The molecule has 1 unspecified atom stereocenters. The highest BCUT2D eigenvalue weighted by Crippen LogP contribution is 2.20. The number of hydrogen-bond donors (Lipinski definition) is 1. The molecule has 0 aliphatic heterocycles. The molecule has 0 aliphatic carbocycles. The molecule has 2 N–H and O–H groups in total. The van der Waals surface area contributed by atoms with Crippen molar-refractivity contribution in [1.29, 1.82) is 0 Å². The number of rotatable bonds is 3. The molecule has 0 spiro atoms. The van der Waals surface area contributed by atoms with Crippen LogP contribution in [0, 0.1) is 6.92 Å². The number of aryl methyl sites for hydroxylation is 2. The van der Waals surface area contributed by atoms with Crippen LogP contribution in [0.25, 0.3) is 0 Å². The van der Waals surface area contributed by atoms with E-state index in [0.29, 0.717) is 0 Å². The Morgan fingerprint density at radius 2 is 2.40 bits per heavy atom. The van der Waals surface area contributed by atoms with Crippen LogP contribution >= 0.6 is 0 Å². The first-order valence-electron chi connectivity index (χ1n) is 5.04. The van der Waals surface area contributed by atoms with Gasteiger partial charge in [-0.15, -0.1) is 0 Å². The molecule has 15 heavy (non-hydrogen) atoms. The van der Waals surface area contributed by atoms with E-state index in [4.69, 9.17) is 10.2 Å². The predicted octanol–water partition coefficient (Wildman–Crippen LogP) is 1.85. The number of aromatic nitrogens is 2. The molecule has 0 saturated heterocycles. The largest absolute Gasteiger partial charge is 0.469 e. The Kier molecular flexibility index (Phi) is 2.60. The minimum atomic E-state index is -0.211. The molecule has 80 valence electrons. The fourth-order valence-electron chi connectivity index (χ4n) is 1.64. The number of nitrogens with two attached hydrogens (primary N) is 1. The fourth-order valence-corrected chi connectivity index (χ4v) is 1.64. The molecular formula is C11H15N3O. The van der Waals surface area contributed by atoms with Crippen molar-refractivity contribution in [3.05, 3.63) is 41.9 Å². The molecule has 0 saturated carbocycles. The first kappa shape index (κ1) is 9.98. The van der Waals surface area contributed by atoms with Gasteiger partial charge in [-0.2, -0.15) is 0 Å². The molecule has 4 heteroatoms. The number of hydrogen-bond acceptors (Lipinski definition) is 3. The summed E-state index contributed by atoms with van der Waals surface area (Å²) in [5.74, 6) is 1.74. The van der Waals surface area contributed by atoms with Crippen LogP contribution in [-0.4, -0.2) is 9.55 Å². The third kappa shape index (κ3) is 1.80. The van der Waals surface area contributed by atoms with E-state index >= 15 is 0 Å². The molecule has 2 heterocycles. The molecule has 0 aromatic carbocycles. The molecule has 1 atom stereocenters. The van der Waals surface area contributed by atoms with Gasteiger partial charge in [0.25, 0.3) is 0 Å². The molecule has 2 aromatic heterocycles. The lowest BCUT2D eigenvalue weighted by Gasteiger charge is -2.10. The lowest BCUT2D eigenvalue weighted by atomic mass is 10.1. The lowest BCUT2D eigenvalue weighted by molar-refractivity contribution is 0.529. The zero-order valence-electron chi connectivity index (χ0n) is 8.97. The van der Waals surface area contributed by atoms with E-state index in [1.165, 1.54) is 0 Å². The van der Waals surface area contributed by atoms with Gasteiger partial charge in [0, 0.05) is 24.5 Å². The number of imidazole rings is 1. The highest BCUT2D eigenvalue weighted by atomic mass is 16.3. The van der Waals surface area contributed by atoms with E-state index in [1.54, 1.807) is 12.5 Å². The summed E-state index contributed by atoms with van der Waals surface area (Å²) in [7, 11) is 0. The molecule has 0 radical (unpaired) electrons. The minimum absolute atomic E-state index is 0.211. The smallest absolute Gasteiger partial charge is 0.130 e. The molecular weight excluding hydrogens is 190 g/mol. The average Bonchev–Trinajstić information content (AvgIpc) is 2.84. The van der Waals surface area contributed by atoms with Crippen molar-refractivity contribution in [2.75, 3.05) is 0 Å². The van der Waals surface area contributed by atoms with Crippen molar-refractivity contribution in [2.45, 2.75) is 26.4 Å². The van der Waals surface area contributed by atoms with Gasteiger partial charge in [-0.1, -0.05) is 0 Å². The highest BCUT2D eigenvalue weighted by Gasteiger charge is 2.15. The van der Waals surface area contributed by atoms with E-state index in [1.807, 2.05) is 23.8 Å². The Morgan fingerprint density at radius 1 is 1.60 bits per heavy atom. The monoisotopic (exact) mass is 205 g/mol. The molecule has 0 bridgehead atoms. The molecule has 0 amide bonds. The van der Waals surface area contributed by atoms with Crippen molar-refractivity contribution in [3.63, 3.8) is 0 Å². The van der Waals surface area contributed by atoms with E-state index in [-0.39, 0.29) is 6.04 Å². The maximum Gasteiger partial charge on any atom is 0.130 e. The van der Waals surface area contributed by atoms with Gasteiger partial charge in [0.1, 0.15) is 11.6 Å².